The van der Waals surface area contributed by atoms with Crippen LogP contribution in [0.5, 0.6) is 0 Å². The van der Waals surface area contributed by atoms with E-state index in [2.05, 4.69) is 68.1 Å². The summed E-state index contributed by atoms with van der Waals surface area (Å²) in [6, 6.07) is 17.6. The summed E-state index contributed by atoms with van der Waals surface area (Å²) in [5.74, 6) is 1.84. The van der Waals surface area contributed by atoms with Gasteiger partial charge in [-0.05, 0) is 43.9 Å². The van der Waals surface area contributed by atoms with E-state index in [0.29, 0.717) is 12.1 Å². The van der Waals surface area contributed by atoms with Crippen LogP contribution in [-0.4, -0.2) is 54.6 Å². The molecule has 1 aromatic heterocycles. The number of halogens is 1. The molecule has 164 valence electrons. The predicted octanol–water partition coefficient (Wildman–Crippen LogP) is 3.72. The van der Waals surface area contributed by atoms with Gasteiger partial charge in [-0.15, -0.1) is 24.0 Å². The van der Waals surface area contributed by atoms with Gasteiger partial charge in [-0.25, -0.2) is 4.98 Å². The van der Waals surface area contributed by atoms with Crippen molar-refractivity contribution >= 4 is 35.8 Å². The van der Waals surface area contributed by atoms with Gasteiger partial charge in [0.15, 0.2) is 5.96 Å². The highest BCUT2D eigenvalue weighted by atomic mass is 127. The zero-order valence-corrected chi connectivity index (χ0v) is 20.4. The molecule has 1 aliphatic rings. The summed E-state index contributed by atoms with van der Waals surface area (Å²) in [7, 11) is 1.85. The second-order valence-corrected chi connectivity index (χ2v) is 7.69. The molecule has 2 aromatic rings. The van der Waals surface area contributed by atoms with Crippen LogP contribution in [0.1, 0.15) is 31.7 Å². The van der Waals surface area contributed by atoms with Gasteiger partial charge < -0.3 is 16.0 Å². The summed E-state index contributed by atoms with van der Waals surface area (Å²) in [4.78, 5) is 11.2. The van der Waals surface area contributed by atoms with Gasteiger partial charge in [0.1, 0.15) is 5.82 Å². The minimum Gasteiger partial charge on any atom is -0.370 e. The minimum absolute atomic E-state index is 0. The Bertz CT molecular complexity index is 740. The highest BCUT2D eigenvalue weighted by Gasteiger charge is 2.29. The number of aromatic nitrogens is 1. The van der Waals surface area contributed by atoms with E-state index >= 15 is 0 Å². The van der Waals surface area contributed by atoms with E-state index < -0.39 is 0 Å². The first-order valence-corrected chi connectivity index (χ1v) is 10.6. The van der Waals surface area contributed by atoms with Crippen molar-refractivity contribution in [2.45, 2.75) is 44.8 Å². The monoisotopic (exact) mass is 522 g/mol. The molecular formula is C23H35IN6. The van der Waals surface area contributed by atoms with Crippen LogP contribution in [0.4, 0.5) is 5.82 Å². The molecule has 2 unspecified atom stereocenters. The number of anilines is 1. The average Bonchev–Trinajstić information content (AvgIpc) is 3.09. The molecule has 1 aliphatic heterocycles. The van der Waals surface area contributed by atoms with Crippen molar-refractivity contribution in [3.63, 3.8) is 0 Å². The molecule has 0 bridgehead atoms. The number of hydrogen-bond donors (Lipinski definition) is 3. The maximum absolute atomic E-state index is 4.40. The lowest BCUT2D eigenvalue weighted by Gasteiger charge is -2.21. The average molecular weight is 522 g/mol. The second kappa shape index (κ2) is 13.4. The van der Waals surface area contributed by atoms with E-state index in [1.54, 1.807) is 0 Å². The molecule has 6 nitrogen and oxygen atoms in total. The van der Waals surface area contributed by atoms with Crippen molar-refractivity contribution in [3.8, 4) is 0 Å². The summed E-state index contributed by atoms with van der Waals surface area (Å²) in [6.45, 7) is 6.22. The van der Waals surface area contributed by atoms with Gasteiger partial charge in [-0.1, -0.05) is 36.4 Å². The molecule has 1 saturated heterocycles. The topological polar surface area (TPSA) is 64.6 Å². The van der Waals surface area contributed by atoms with Crippen molar-refractivity contribution in [1.29, 1.82) is 0 Å². The van der Waals surface area contributed by atoms with Crippen molar-refractivity contribution in [1.82, 2.24) is 20.5 Å². The quantitative estimate of drug-likeness (QED) is 0.203. The third-order valence-corrected chi connectivity index (χ3v) is 5.36. The normalized spacial score (nSPS) is 19.2. The molecule has 0 spiro atoms. The van der Waals surface area contributed by atoms with Crippen LogP contribution < -0.4 is 16.0 Å². The van der Waals surface area contributed by atoms with Gasteiger partial charge in [0.25, 0.3) is 0 Å². The molecular weight excluding hydrogens is 487 g/mol. The number of unbranched alkanes of at least 4 members (excludes halogenated alkanes) is 1. The van der Waals surface area contributed by atoms with Crippen molar-refractivity contribution in [2.75, 3.05) is 32.0 Å². The second-order valence-electron chi connectivity index (χ2n) is 7.69. The molecule has 3 rings (SSSR count). The van der Waals surface area contributed by atoms with E-state index in [4.69, 9.17) is 0 Å². The Hall–Kier alpha value is -1.87. The molecule has 2 heterocycles. The Kier molecular flexibility index (Phi) is 10.9. The highest BCUT2D eigenvalue weighted by Crippen LogP contribution is 2.20. The lowest BCUT2D eigenvalue weighted by molar-refractivity contribution is 0.258. The minimum atomic E-state index is 0. The number of nitrogens with zero attached hydrogens (tertiary/aromatic N) is 3. The van der Waals surface area contributed by atoms with Gasteiger partial charge in [-0.3, -0.25) is 9.89 Å². The van der Waals surface area contributed by atoms with Gasteiger partial charge in [-0.2, -0.15) is 0 Å². The Morgan fingerprint density at radius 2 is 1.87 bits per heavy atom. The van der Waals surface area contributed by atoms with Gasteiger partial charge in [0.2, 0.25) is 0 Å². The van der Waals surface area contributed by atoms with E-state index in [1.807, 2.05) is 31.4 Å². The standard InChI is InChI=1S/C23H34N6.HI/c1-19-16-21(18-29(19)17-20-10-4-3-5-11-20)28-23(24-2)27-15-9-8-14-26-22-12-6-7-13-25-22;/h3-7,10-13,19,21H,8-9,14-18H2,1-2H3,(H,25,26)(H2,24,27,28);1H. The van der Waals surface area contributed by atoms with Crippen LogP contribution in [-0.2, 0) is 6.54 Å². The number of benzene rings is 1. The van der Waals surface area contributed by atoms with Crippen LogP contribution in [0.15, 0.2) is 59.7 Å². The number of likely N-dealkylation sites (tertiary alicyclic amines) is 1. The molecule has 3 N–H and O–H groups in total. The number of pyridine rings is 1. The Balaban J connectivity index is 0.00000320. The van der Waals surface area contributed by atoms with Crippen LogP contribution >= 0.6 is 24.0 Å². The number of rotatable bonds is 9. The first kappa shape index (κ1) is 24.4. The van der Waals surface area contributed by atoms with Crippen LogP contribution in [0.25, 0.3) is 0 Å². The summed E-state index contributed by atoms with van der Waals surface area (Å²) in [6.07, 6.45) is 5.12. The number of hydrogen-bond acceptors (Lipinski definition) is 4. The Morgan fingerprint density at radius 3 is 2.60 bits per heavy atom. The van der Waals surface area contributed by atoms with Gasteiger partial charge in [0.05, 0.1) is 0 Å². The first-order chi connectivity index (χ1) is 14.2. The zero-order valence-electron chi connectivity index (χ0n) is 18.1. The molecule has 0 aliphatic carbocycles. The molecule has 0 amide bonds. The molecule has 1 fully saturated rings. The summed E-state index contributed by atoms with van der Waals surface area (Å²) in [5, 5.41) is 10.4. The molecule has 7 heteroatoms. The van der Waals surface area contributed by atoms with Crippen molar-refractivity contribution in [2.24, 2.45) is 4.99 Å². The predicted molar refractivity (Wildman–Crippen MR) is 137 cm³/mol. The summed E-state index contributed by atoms with van der Waals surface area (Å²) >= 11 is 0. The molecule has 30 heavy (non-hydrogen) atoms. The molecule has 0 saturated carbocycles. The molecule has 2 atom stereocenters. The van der Waals surface area contributed by atoms with Crippen LogP contribution in [0.3, 0.4) is 0 Å². The van der Waals surface area contributed by atoms with Gasteiger partial charge >= 0.3 is 0 Å². The van der Waals surface area contributed by atoms with Crippen LogP contribution in [0, 0.1) is 0 Å². The SMILES string of the molecule is CN=C(NCCCCNc1ccccn1)NC1CC(C)N(Cc2ccccc2)C1.I. The number of guanidine groups is 1. The molecule has 0 radical (unpaired) electrons. The highest BCUT2D eigenvalue weighted by molar-refractivity contribution is 14.0. The number of nitrogens with one attached hydrogen (secondary N) is 3. The maximum Gasteiger partial charge on any atom is 0.191 e. The van der Waals surface area contributed by atoms with E-state index in [0.717, 1.165) is 57.2 Å². The van der Waals surface area contributed by atoms with Gasteiger partial charge in [0, 0.05) is 51.5 Å². The maximum atomic E-state index is 4.40. The Labute approximate surface area is 198 Å². The largest absolute Gasteiger partial charge is 0.370 e. The fourth-order valence-corrected chi connectivity index (χ4v) is 3.77. The van der Waals surface area contributed by atoms with Crippen molar-refractivity contribution < 1.29 is 0 Å². The lowest BCUT2D eigenvalue weighted by atomic mass is 10.2. The summed E-state index contributed by atoms with van der Waals surface area (Å²) < 4.78 is 0. The van der Waals surface area contributed by atoms with Crippen LogP contribution in [0.2, 0.25) is 0 Å². The molecule has 1 aromatic carbocycles. The lowest BCUT2D eigenvalue weighted by Crippen LogP contribution is -2.44. The number of aliphatic imine (C=N–C) groups is 1. The Morgan fingerprint density at radius 1 is 1.10 bits per heavy atom. The third-order valence-electron chi connectivity index (χ3n) is 5.36. The zero-order chi connectivity index (χ0) is 20.3. The van der Waals surface area contributed by atoms with E-state index in [-0.39, 0.29) is 24.0 Å². The smallest absolute Gasteiger partial charge is 0.191 e. The fourth-order valence-electron chi connectivity index (χ4n) is 3.77. The van der Waals surface area contributed by atoms with E-state index in [1.165, 1.54) is 5.56 Å². The third kappa shape index (κ3) is 8.10. The fraction of sp³-hybridized carbons (Fsp3) is 0.478. The van der Waals surface area contributed by atoms with E-state index in [9.17, 15) is 0 Å². The van der Waals surface area contributed by atoms with Crippen molar-refractivity contribution in [3.05, 3.63) is 60.3 Å². The summed E-state index contributed by atoms with van der Waals surface area (Å²) in [5.41, 5.74) is 1.38. The first-order valence-electron chi connectivity index (χ1n) is 10.6.